The highest BCUT2D eigenvalue weighted by atomic mass is 35.5. The van der Waals surface area contributed by atoms with E-state index < -0.39 is 5.97 Å². The first-order valence-corrected chi connectivity index (χ1v) is 13.0. The van der Waals surface area contributed by atoms with Gasteiger partial charge in [-0.15, -0.1) is 4.91 Å². The first kappa shape index (κ1) is 26.1. The normalized spacial score (nSPS) is 11.1. The monoisotopic (exact) mass is 561 g/mol. The number of ether oxygens (including phenoxy) is 1. The Morgan fingerprint density at radius 1 is 1.10 bits per heavy atom. The van der Waals surface area contributed by atoms with Crippen LogP contribution in [-0.4, -0.2) is 38.2 Å². The third-order valence-corrected chi connectivity index (χ3v) is 7.55. The van der Waals surface area contributed by atoms with Gasteiger partial charge in [-0.3, -0.25) is 0 Å². The second kappa shape index (κ2) is 10.7. The largest absolute Gasteiger partial charge is 0.497 e. The van der Waals surface area contributed by atoms with E-state index in [1.807, 2.05) is 24.3 Å². The molecule has 0 atom stereocenters. The van der Waals surface area contributed by atoms with E-state index >= 15 is 0 Å². The van der Waals surface area contributed by atoms with Crippen LogP contribution in [0.4, 0.5) is 5.69 Å². The number of carbonyl (C=O) groups is 1. The van der Waals surface area contributed by atoms with Crippen molar-refractivity contribution in [1.82, 2.24) is 20.0 Å². The lowest BCUT2D eigenvalue weighted by molar-refractivity contribution is -0.734. The first-order valence-electron chi connectivity index (χ1n) is 11.8. The molecule has 0 spiro atoms. The summed E-state index contributed by atoms with van der Waals surface area (Å²) in [7, 11) is 1.62. The van der Waals surface area contributed by atoms with E-state index in [-0.39, 0.29) is 23.0 Å². The van der Waals surface area contributed by atoms with E-state index in [9.17, 15) is 14.8 Å². The van der Waals surface area contributed by atoms with Crippen LogP contribution >= 0.6 is 22.9 Å². The molecule has 5 aromatic rings. The van der Waals surface area contributed by atoms with Crippen LogP contribution in [0.15, 0.2) is 71.9 Å². The zero-order valence-corrected chi connectivity index (χ0v) is 22.6. The predicted octanol–water partition coefficient (Wildman–Crippen LogP) is 6.22. The molecule has 0 aliphatic carbocycles. The maximum Gasteiger partial charge on any atom is 0.365 e. The van der Waals surface area contributed by atoms with Crippen LogP contribution < -0.4 is 9.53 Å². The number of tetrazole rings is 1. The number of hydrogen-bond acceptors (Lipinski definition) is 8. The van der Waals surface area contributed by atoms with Gasteiger partial charge in [-0.2, -0.15) is 0 Å². The Labute approximate surface area is 232 Å². The molecule has 1 N–H and O–H groups in total. The number of methoxy groups -OCH3 is 1. The second-order valence-electron chi connectivity index (χ2n) is 8.80. The van der Waals surface area contributed by atoms with Crippen molar-refractivity contribution < 1.29 is 19.4 Å². The molecule has 12 heteroatoms. The molecule has 2 aromatic heterocycles. The molecule has 3 aromatic carbocycles. The van der Waals surface area contributed by atoms with E-state index in [0.717, 1.165) is 21.9 Å². The summed E-state index contributed by atoms with van der Waals surface area (Å²) in [6.45, 7) is 4.18. The van der Waals surface area contributed by atoms with Crippen molar-refractivity contribution in [2.24, 2.45) is 5.18 Å². The summed E-state index contributed by atoms with van der Waals surface area (Å²) in [6.07, 6.45) is 0. The number of rotatable bonds is 8. The summed E-state index contributed by atoms with van der Waals surface area (Å²) in [6, 6.07) is 18.5. The zero-order chi connectivity index (χ0) is 27.7. The Bertz CT molecular complexity index is 1680. The SMILES string of the molecule is COc1ccc(-c2nc(-[n+]3nc(-c4cc(N=O)ccc4Cl)nn3-c3ccc(C(=O)O)cc3)sc2C(C)C)cc1. The molecule has 0 saturated heterocycles. The van der Waals surface area contributed by atoms with Crippen molar-refractivity contribution in [3.63, 3.8) is 0 Å². The number of aromatic nitrogens is 5. The highest BCUT2D eigenvalue weighted by Gasteiger charge is 2.29. The molecule has 0 aliphatic heterocycles. The van der Waals surface area contributed by atoms with Crippen LogP contribution in [0.3, 0.4) is 0 Å². The number of nitrogens with zero attached hydrogens (tertiary/aromatic N) is 6. The van der Waals surface area contributed by atoms with Crippen molar-refractivity contribution in [2.75, 3.05) is 7.11 Å². The van der Waals surface area contributed by atoms with Crippen molar-refractivity contribution in [1.29, 1.82) is 0 Å². The zero-order valence-electron chi connectivity index (χ0n) is 21.1. The van der Waals surface area contributed by atoms with E-state index in [0.29, 0.717) is 21.4 Å². The fourth-order valence-electron chi connectivity index (χ4n) is 3.91. The predicted molar refractivity (Wildman–Crippen MR) is 148 cm³/mol. The van der Waals surface area contributed by atoms with Gasteiger partial charge in [0.15, 0.2) is 5.69 Å². The molecule has 5 rings (SSSR count). The number of thiazole rings is 1. The maximum absolute atomic E-state index is 11.4. The van der Waals surface area contributed by atoms with E-state index in [2.05, 4.69) is 24.1 Å². The summed E-state index contributed by atoms with van der Waals surface area (Å²) in [5.74, 6) is 0.113. The minimum atomic E-state index is -1.04. The molecular formula is C27H22ClN6O4S+. The van der Waals surface area contributed by atoms with Crippen LogP contribution in [-0.2, 0) is 0 Å². The number of hydrogen-bond donors (Lipinski definition) is 1. The van der Waals surface area contributed by atoms with Gasteiger partial charge in [0.05, 0.1) is 28.1 Å². The molecule has 39 heavy (non-hydrogen) atoms. The fraction of sp³-hybridized carbons (Fsp3) is 0.148. The van der Waals surface area contributed by atoms with Gasteiger partial charge in [-0.1, -0.05) is 41.8 Å². The van der Waals surface area contributed by atoms with Crippen LogP contribution in [0, 0.1) is 4.91 Å². The smallest absolute Gasteiger partial charge is 0.365 e. The molecule has 0 unspecified atom stereocenters. The second-order valence-corrected chi connectivity index (χ2v) is 10.2. The fourth-order valence-corrected chi connectivity index (χ4v) is 5.15. The van der Waals surface area contributed by atoms with Gasteiger partial charge in [0, 0.05) is 10.7 Å². The molecule has 0 saturated carbocycles. The lowest BCUT2D eigenvalue weighted by Crippen LogP contribution is -2.43. The average Bonchev–Trinajstić information content (AvgIpc) is 3.59. The summed E-state index contributed by atoms with van der Waals surface area (Å²) in [5, 5.41) is 22.6. The minimum Gasteiger partial charge on any atom is -0.497 e. The molecule has 2 heterocycles. The number of aromatic carboxylic acids is 1. The van der Waals surface area contributed by atoms with Crippen LogP contribution in [0.1, 0.15) is 35.0 Å². The van der Waals surface area contributed by atoms with Crippen molar-refractivity contribution in [3.8, 4) is 39.2 Å². The molecule has 0 amide bonds. The third kappa shape index (κ3) is 5.14. The Balaban J connectivity index is 1.70. The van der Waals surface area contributed by atoms with Crippen molar-refractivity contribution >= 4 is 34.6 Å². The van der Waals surface area contributed by atoms with Gasteiger partial charge < -0.3 is 9.84 Å². The lowest BCUT2D eigenvalue weighted by atomic mass is 10.1. The number of halogens is 1. The molecule has 0 radical (unpaired) electrons. The Kier molecular flexibility index (Phi) is 7.18. The molecule has 10 nitrogen and oxygen atoms in total. The lowest BCUT2D eigenvalue weighted by Gasteiger charge is -2.04. The molecule has 0 fully saturated rings. The van der Waals surface area contributed by atoms with Gasteiger partial charge in [0.25, 0.3) is 5.82 Å². The molecule has 0 bridgehead atoms. The standard InChI is InChI=1S/C27H21ClN6O4S/c1-15(2)24-23(16-6-11-20(38-3)12-7-16)29-27(39-24)34-31-25(21-14-18(32-37)8-13-22(21)28)30-33(34)19-9-4-17(5-10-19)26(35)36/h4-15H,1-3H3/p+1. The van der Waals surface area contributed by atoms with Gasteiger partial charge in [-0.25, -0.2) is 4.79 Å². The summed E-state index contributed by atoms with van der Waals surface area (Å²) in [4.78, 5) is 31.6. The quantitative estimate of drug-likeness (QED) is 0.176. The Morgan fingerprint density at radius 2 is 1.82 bits per heavy atom. The Morgan fingerprint density at radius 3 is 2.44 bits per heavy atom. The Hall–Kier alpha value is -4.48. The minimum absolute atomic E-state index is 0.136. The van der Waals surface area contributed by atoms with Gasteiger partial charge >= 0.3 is 11.1 Å². The van der Waals surface area contributed by atoms with E-state index in [4.69, 9.17) is 26.4 Å². The number of benzene rings is 3. The van der Waals surface area contributed by atoms with Crippen molar-refractivity contribution in [3.05, 3.63) is 87.1 Å². The van der Waals surface area contributed by atoms with Gasteiger partial charge in [0.2, 0.25) is 0 Å². The maximum atomic E-state index is 11.4. The number of carboxylic acids is 1. The van der Waals surface area contributed by atoms with Crippen LogP contribution in [0.2, 0.25) is 5.02 Å². The van der Waals surface area contributed by atoms with Crippen LogP contribution in [0.25, 0.3) is 33.5 Å². The van der Waals surface area contributed by atoms with Crippen molar-refractivity contribution in [2.45, 2.75) is 19.8 Å². The van der Waals surface area contributed by atoms with Crippen LogP contribution in [0.5, 0.6) is 5.75 Å². The van der Waals surface area contributed by atoms with E-state index in [1.54, 1.807) is 25.3 Å². The highest BCUT2D eigenvalue weighted by Crippen LogP contribution is 2.35. The summed E-state index contributed by atoms with van der Waals surface area (Å²) in [5.41, 5.74) is 3.01. The number of carboxylic acid groups (broad SMARTS) is 1. The number of nitroso groups, excluding NO2 is 1. The van der Waals surface area contributed by atoms with Gasteiger partial charge in [-0.05, 0) is 92.5 Å². The molecular weight excluding hydrogens is 540 g/mol. The summed E-state index contributed by atoms with van der Waals surface area (Å²) < 4.78 is 5.30. The average molecular weight is 562 g/mol. The highest BCUT2D eigenvalue weighted by molar-refractivity contribution is 7.14. The third-order valence-electron chi connectivity index (χ3n) is 5.90. The molecule has 196 valence electrons. The topological polar surface area (TPSA) is 123 Å². The molecule has 0 aliphatic rings. The summed E-state index contributed by atoms with van der Waals surface area (Å²) >= 11 is 7.91. The first-order chi connectivity index (χ1) is 18.8. The van der Waals surface area contributed by atoms with E-state index in [1.165, 1.54) is 45.2 Å². The van der Waals surface area contributed by atoms with Gasteiger partial charge in [0.1, 0.15) is 17.1 Å².